The van der Waals surface area contributed by atoms with E-state index in [1.807, 2.05) is 0 Å². The van der Waals surface area contributed by atoms with Crippen LogP contribution in [0.25, 0.3) is 0 Å². The van der Waals surface area contributed by atoms with Crippen LogP contribution >= 0.6 is 0 Å². The molecule has 128 valence electrons. The molecule has 0 amide bonds. The zero-order chi connectivity index (χ0) is 17.9. The summed E-state index contributed by atoms with van der Waals surface area (Å²) in [4.78, 5) is 27.5. The highest BCUT2D eigenvalue weighted by molar-refractivity contribution is 7.90. The first-order valence-corrected chi connectivity index (χ1v) is 8.27. The lowest BCUT2D eigenvalue weighted by molar-refractivity contribution is -0.154. The molecule has 0 aliphatic heterocycles. The molecule has 0 saturated carbocycles. The van der Waals surface area contributed by atoms with Crippen molar-refractivity contribution in [1.82, 2.24) is 8.96 Å². The maximum Gasteiger partial charge on any atom is 0.326 e. The molecular weight excluding hydrogens is 336 g/mol. The lowest BCUT2D eigenvalue weighted by atomic mass is 10.1. The van der Waals surface area contributed by atoms with Gasteiger partial charge < -0.3 is 9.47 Å². The van der Waals surface area contributed by atoms with Crippen molar-refractivity contribution in [2.75, 3.05) is 14.2 Å². The number of carbonyl (C=O) groups is 2. The number of benzene rings is 1. The normalized spacial score (nSPS) is 11.3. The molecule has 2 aromatic rings. The minimum Gasteiger partial charge on any atom is -0.468 e. The highest BCUT2D eigenvalue weighted by Crippen LogP contribution is 2.22. The molecule has 0 spiro atoms. The first-order chi connectivity index (χ1) is 11.3. The van der Waals surface area contributed by atoms with Gasteiger partial charge in [0, 0.05) is 6.20 Å². The van der Waals surface area contributed by atoms with Crippen molar-refractivity contribution in [2.45, 2.75) is 17.7 Å². The Bertz CT molecular complexity index is 856. The van der Waals surface area contributed by atoms with E-state index in [1.54, 1.807) is 25.1 Å². The van der Waals surface area contributed by atoms with Gasteiger partial charge in [-0.05, 0) is 18.6 Å². The predicted molar refractivity (Wildman–Crippen MR) is 82.8 cm³/mol. The van der Waals surface area contributed by atoms with E-state index in [2.05, 4.69) is 14.5 Å². The summed E-state index contributed by atoms with van der Waals surface area (Å²) in [6.45, 7) is 1.66. The van der Waals surface area contributed by atoms with Crippen molar-refractivity contribution in [3.8, 4) is 0 Å². The fraction of sp³-hybridized carbons (Fsp3) is 0.267. The minimum atomic E-state index is -3.90. The van der Waals surface area contributed by atoms with Crippen LogP contribution in [0.15, 0.2) is 41.7 Å². The van der Waals surface area contributed by atoms with E-state index in [0.717, 1.165) is 30.7 Å². The summed E-state index contributed by atoms with van der Waals surface area (Å²) in [5, 5.41) is 0. The van der Waals surface area contributed by atoms with Crippen LogP contribution in [0.5, 0.6) is 0 Å². The van der Waals surface area contributed by atoms with Gasteiger partial charge >= 0.3 is 11.9 Å². The summed E-state index contributed by atoms with van der Waals surface area (Å²) in [5.74, 6) is -3.23. The van der Waals surface area contributed by atoms with Crippen LogP contribution in [0.3, 0.4) is 0 Å². The zero-order valence-corrected chi connectivity index (χ0v) is 14.1. The van der Waals surface area contributed by atoms with Gasteiger partial charge in [-0.2, -0.15) is 0 Å². The Hall–Kier alpha value is -2.68. The third-order valence-electron chi connectivity index (χ3n) is 3.40. The number of nitrogens with zero attached hydrogens (tertiary/aromatic N) is 2. The van der Waals surface area contributed by atoms with Crippen molar-refractivity contribution in [3.63, 3.8) is 0 Å². The van der Waals surface area contributed by atoms with Gasteiger partial charge in [-0.1, -0.05) is 18.2 Å². The molecule has 0 N–H and O–H groups in total. The van der Waals surface area contributed by atoms with Gasteiger partial charge in [-0.15, -0.1) is 0 Å². The maximum atomic E-state index is 12.7. The smallest absolute Gasteiger partial charge is 0.326 e. The van der Waals surface area contributed by atoms with Crippen molar-refractivity contribution in [3.05, 3.63) is 48.0 Å². The third kappa shape index (κ3) is 3.16. The fourth-order valence-corrected chi connectivity index (χ4v) is 3.50. The lowest BCUT2D eigenvalue weighted by Gasteiger charge is -2.10. The van der Waals surface area contributed by atoms with Gasteiger partial charge in [0.2, 0.25) is 0 Å². The van der Waals surface area contributed by atoms with Crippen LogP contribution in [0, 0.1) is 6.92 Å². The van der Waals surface area contributed by atoms with E-state index < -0.39 is 27.9 Å². The topological polar surface area (TPSA) is 105 Å². The van der Waals surface area contributed by atoms with Crippen LogP contribution in [-0.4, -0.2) is 43.5 Å². The number of aryl methyl sites for hydroxylation is 1. The Morgan fingerprint density at radius 3 is 2.25 bits per heavy atom. The molecule has 8 nitrogen and oxygen atoms in total. The molecule has 0 saturated heterocycles. The average Bonchev–Trinajstić information content (AvgIpc) is 3.05. The summed E-state index contributed by atoms with van der Waals surface area (Å²) < 4.78 is 35.3. The Labute approximate surface area is 139 Å². The summed E-state index contributed by atoms with van der Waals surface area (Å²) in [7, 11) is -1.68. The van der Waals surface area contributed by atoms with Crippen molar-refractivity contribution >= 4 is 22.0 Å². The molecule has 0 unspecified atom stereocenters. The van der Waals surface area contributed by atoms with Crippen molar-refractivity contribution < 1.29 is 27.5 Å². The Morgan fingerprint density at radius 1 is 1.12 bits per heavy atom. The molecule has 0 atom stereocenters. The monoisotopic (exact) mass is 352 g/mol. The molecule has 1 aromatic carbocycles. The van der Waals surface area contributed by atoms with Gasteiger partial charge in [0.25, 0.3) is 10.0 Å². The summed E-state index contributed by atoms with van der Waals surface area (Å²) >= 11 is 0. The highest BCUT2D eigenvalue weighted by atomic mass is 32.2. The second-order valence-corrected chi connectivity index (χ2v) is 6.69. The number of carbonyl (C=O) groups excluding carboxylic acids is 2. The van der Waals surface area contributed by atoms with E-state index in [9.17, 15) is 18.0 Å². The SMILES string of the molecule is COC(=O)C(C(=O)OC)c1cn(S(=O)(=O)c2ccccc2C)cn1. The molecule has 9 heteroatoms. The van der Waals surface area contributed by atoms with Crippen LogP contribution in [0.1, 0.15) is 17.2 Å². The Morgan fingerprint density at radius 2 is 1.71 bits per heavy atom. The molecular formula is C15H16N2O6S. The zero-order valence-electron chi connectivity index (χ0n) is 13.3. The van der Waals surface area contributed by atoms with Gasteiger partial charge in [0.15, 0.2) is 5.92 Å². The first-order valence-electron chi connectivity index (χ1n) is 6.83. The third-order valence-corrected chi connectivity index (χ3v) is 5.17. The number of imidazole rings is 1. The van der Waals surface area contributed by atoms with Crippen LogP contribution in [-0.2, 0) is 29.1 Å². The van der Waals surface area contributed by atoms with E-state index >= 15 is 0 Å². The van der Waals surface area contributed by atoms with Crippen molar-refractivity contribution in [2.24, 2.45) is 0 Å². The number of esters is 2. The van der Waals surface area contributed by atoms with Gasteiger partial charge in [0.05, 0.1) is 24.8 Å². The lowest BCUT2D eigenvalue weighted by Crippen LogP contribution is -2.24. The fourth-order valence-electron chi connectivity index (χ4n) is 2.13. The summed E-state index contributed by atoms with van der Waals surface area (Å²) in [5.41, 5.74) is 0.482. The van der Waals surface area contributed by atoms with Crippen LogP contribution in [0.4, 0.5) is 0 Å². The molecule has 1 aromatic heterocycles. The molecule has 1 heterocycles. The maximum absolute atomic E-state index is 12.7. The van der Waals surface area contributed by atoms with E-state index in [-0.39, 0.29) is 10.6 Å². The molecule has 2 rings (SSSR count). The second-order valence-electron chi connectivity index (χ2n) is 4.88. The number of rotatable bonds is 5. The number of hydrogen-bond acceptors (Lipinski definition) is 7. The molecule has 24 heavy (non-hydrogen) atoms. The Balaban J connectivity index is 2.48. The van der Waals surface area contributed by atoms with E-state index in [0.29, 0.717) is 5.56 Å². The molecule has 0 radical (unpaired) electrons. The number of methoxy groups -OCH3 is 2. The molecule has 0 bridgehead atoms. The molecule has 0 aliphatic carbocycles. The first kappa shape index (κ1) is 17.7. The van der Waals surface area contributed by atoms with Crippen molar-refractivity contribution in [1.29, 1.82) is 0 Å². The largest absolute Gasteiger partial charge is 0.468 e. The van der Waals surface area contributed by atoms with Crippen LogP contribution < -0.4 is 0 Å². The highest BCUT2D eigenvalue weighted by Gasteiger charge is 2.34. The minimum absolute atomic E-state index is 0.0779. The van der Waals surface area contributed by atoms with Crippen LogP contribution in [0.2, 0.25) is 0 Å². The molecule has 0 fully saturated rings. The summed E-state index contributed by atoms with van der Waals surface area (Å²) in [6.07, 6.45) is 2.12. The summed E-state index contributed by atoms with van der Waals surface area (Å²) in [6, 6.07) is 6.44. The Kier molecular flexibility index (Phi) is 5.03. The van der Waals surface area contributed by atoms with E-state index in [4.69, 9.17) is 0 Å². The average molecular weight is 352 g/mol. The number of aromatic nitrogens is 2. The van der Waals surface area contributed by atoms with Gasteiger partial charge in [-0.3, -0.25) is 9.59 Å². The van der Waals surface area contributed by atoms with Gasteiger partial charge in [0.1, 0.15) is 6.33 Å². The number of hydrogen-bond donors (Lipinski definition) is 0. The quantitative estimate of drug-likeness (QED) is 0.580. The van der Waals surface area contributed by atoms with Gasteiger partial charge in [-0.25, -0.2) is 17.4 Å². The number of ether oxygens (including phenoxy) is 2. The molecule has 0 aliphatic rings. The van der Waals surface area contributed by atoms with E-state index in [1.165, 1.54) is 6.07 Å². The second kappa shape index (κ2) is 6.83. The predicted octanol–water partition coefficient (Wildman–Crippen LogP) is 0.858. The standard InChI is InChI=1S/C15H16N2O6S/c1-10-6-4-5-7-12(10)24(20,21)17-8-11(16-9-17)13(14(18)22-2)15(19)23-3/h4-9,13H,1-3H3.